The monoisotopic (exact) mass is 264 g/mol. The van der Waals surface area contributed by atoms with Crippen molar-refractivity contribution in [2.45, 2.75) is 39.2 Å². The van der Waals surface area contributed by atoms with Crippen LogP contribution >= 0.6 is 0 Å². The van der Waals surface area contributed by atoms with Gasteiger partial charge in [-0.2, -0.15) is 0 Å². The zero-order valence-corrected chi connectivity index (χ0v) is 11.8. The van der Waals surface area contributed by atoms with Crippen molar-refractivity contribution in [3.05, 3.63) is 12.4 Å². The molecule has 0 aromatic carbocycles. The molecule has 2 rings (SSSR count). The minimum absolute atomic E-state index is 0.0316. The molecule has 2 heterocycles. The summed E-state index contributed by atoms with van der Waals surface area (Å²) in [4.78, 5) is 10.9. The lowest BCUT2D eigenvalue weighted by atomic mass is 10.1. The number of aromatic nitrogens is 2. The van der Waals surface area contributed by atoms with Crippen LogP contribution in [0.5, 0.6) is 0 Å². The lowest BCUT2D eigenvalue weighted by Crippen LogP contribution is -2.31. The van der Waals surface area contributed by atoms with Crippen LogP contribution in [-0.4, -0.2) is 40.8 Å². The van der Waals surface area contributed by atoms with Crippen molar-refractivity contribution in [3.63, 3.8) is 0 Å². The summed E-state index contributed by atoms with van der Waals surface area (Å²) in [6, 6.07) is 2.01. The molecular formula is C14H24N4O. The van der Waals surface area contributed by atoms with E-state index >= 15 is 0 Å². The molecule has 0 aliphatic carbocycles. The molecule has 1 atom stereocenters. The van der Waals surface area contributed by atoms with Crippen molar-refractivity contribution < 1.29 is 5.11 Å². The Morgan fingerprint density at radius 3 is 2.63 bits per heavy atom. The second kappa shape index (κ2) is 6.70. The van der Waals surface area contributed by atoms with E-state index < -0.39 is 0 Å². The summed E-state index contributed by atoms with van der Waals surface area (Å²) in [6.07, 6.45) is 5.38. The third kappa shape index (κ3) is 3.80. The highest BCUT2D eigenvalue weighted by atomic mass is 16.3. The Bertz CT molecular complexity index is 391. The van der Waals surface area contributed by atoms with Gasteiger partial charge in [0.1, 0.15) is 18.0 Å². The van der Waals surface area contributed by atoms with Crippen LogP contribution in [0, 0.1) is 5.92 Å². The van der Waals surface area contributed by atoms with E-state index in [1.165, 1.54) is 19.3 Å². The van der Waals surface area contributed by atoms with Crippen LogP contribution in [0.2, 0.25) is 0 Å². The largest absolute Gasteiger partial charge is 0.394 e. The Morgan fingerprint density at radius 1 is 1.26 bits per heavy atom. The molecule has 0 spiro atoms. The Hall–Kier alpha value is -1.36. The van der Waals surface area contributed by atoms with Gasteiger partial charge in [-0.25, -0.2) is 9.97 Å². The predicted octanol–water partition coefficient (Wildman–Crippen LogP) is 1.90. The fourth-order valence-corrected chi connectivity index (χ4v) is 2.33. The van der Waals surface area contributed by atoms with Crippen LogP contribution in [0.4, 0.5) is 11.6 Å². The Kier molecular flexibility index (Phi) is 4.96. The number of rotatable bonds is 5. The van der Waals surface area contributed by atoms with Crippen molar-refractivity contribution in [1.29, 1.82) is 0 Å². The van der Waals surface area contributed by atoms with Crippen molar-refractivity contribution >= 4 is 11.6 Å². The fraction of sp³-hybridized carbons (Fsp3) is 0.714. The molecular weight excluding hydrogens is 240 g/mol. The molecule has 1 aromatic rings. The van der Waals surface area contributed by atoms with Gasteiger partial charge in [-0.15, -0.1) is 0 Å². The van der Waals surface area contributed by atoms with E-state index in [0.717, 1.165) is 24.7 Å². The Balaban J connectivity index is 2.05. The number of aliphatic hydroxyl groups excluding tert-OH is 1. The van der Waals surface area contributed by atoms with Gasteiger partial charge in [-0.05, 0) is 25.2 Å². The lowest BCUT2D eigenvalue weighted by molar-refractivity contribution is 0.249. The van der Waals surface area contributed by atoms with E-state index in [1.54, 1.807) is 6.33 Å². The lowest BCUT2D eigenvalue weighted by Gasteiger charge is -2.28. The summed E-state index contributed by atoms with van der Waals surface area (Å²) >= 11 is 0. The Morgan fingerprint density at radius 2 is 2.00 bits per heavy atom. The molecule has 1 aliphatic rings. The molecule has 0 radical (unpaired) electrons. The van der Waals surface area contributed by atoms with E-state index in [9.17, 15) is 5.11 Å². The minimum atomic E-state index is 0.0316. The molecule has 5 heteroatoms. The zero-order chi connectivity index (χ0) is 13.7. The number of hydrogen-bond donors (Lipinski definition) is 2. The van der Waals surface area contributed by atoms with Gasteiger partial charge < -0.3 is 15.3 Å². The summed E-state index contributed by atoms with van der Waals surface area (Å²) in [7, 11) is 0. The zero-order valence-electron chi connectivity index (χ0n) is 11.8. The maximum Gasteiger partial charge on any atom is 0.134 e. The summed E-state index contributed by atoms with van der Waals surface area (Å²) in [5.74, 6) is 2.14. The van der Waals surface area contributed by atoms with Gasteiger partial charge in [0.2, 0.25) is 0 Å². The summed E-state index contributed by atoms with van der Waals surface area (Å²) < 4.78 is 0. The summed E-state index contributed by atoms with van der Waals surface area (Å²) in [5.41, 5.74) is 0. The Labute approximate surface area is 115 Å². The molecule has 1 fully saturated rings. The quantitative estimate of drug-likeness (QED) is 0.850. The first-order valence-corrected chi connectivity index (χ1v) is 7.15. The molecule has 5 nitrogen and oxygen atoms in total. The van der Waals surface area contributed by atoms with Crippen LogP contribution in [-0.2, 0) is 0 Å². The van der Waals surface area contributed by atoms with E-state index in [2.05, 4.69) is 34.0 Å². The van der Waals surface area contributed by atoms with Crippen LogP contribution in [0.25, 0.3) is 0 Å². The van der Waals surface area contributed by atoms with E-state index in [1.807, 2.05) is 6.07 Å². The molecule has 0 bridgehead atoms. The standard InChI is InChI=1S/C14H24N4O/c1-11(2)12(9-19)17-13-8-14(16-10-15-13)18-6-4-3-5-7-18/h8,10-12,19H,3-7,9H2,1-2H3,(H,15,16,17). The average Bonchev–Trinajstić information content (AvgIpc) is 2.45. The van der Waals surface area contributed by atoms with Crippen molar-refractivity contribution in [2.75, 3.05) is 29.9 Å². The molecule has 19 heavy (non-hydrogen) atoms. The third-order valence-electron chi connectivity index (χ3n) is 3.67. The van der Waals surface area contributed by atoms with Crippen LogP contribution < -0.4 is 10.2 Å². The fourth-order valence-electron chi connectivity index (χ4n) is 2.33. The number of nitrogens with one attached hydrogen (secondary N) is 1. The second-order valence-corrected chi connectivity index (χ2v) is 5.49. The van der Waals surface area contributed by atoms with Crippen molar-refractivity contribution in [1.82, 2.24) is 9.97 Å². The highest BCUT2D eigenvalue weighted by molar-refractivity contribution is 5.49. The molecule has 0 amide bonds. The first-order chi connectivity index (χ1) is 9.20. The van der Waals surface area contributed by atoms with Gasteiger partial charge in [0.15, 0.2) is 0 Å². The smallest absolute Gasteiger partial charge is 0.134 e. The molecule has 1 aromatic heterocycles. The number of piperidine rings is 1. The molecule has 2 N–H and O–H groups in total. The van der Waals surface area contributed by atoms with Gasteiger partial charge in [0.05, 0.1) is 12.6 Å². The maximum absolute atomic E-state index is 9.36. The van der Waals surface area contributed by atoms with E-state index in [0.29, 0.717) is 5.92 Å². The number of anilines is 2. The molecule has 1 unspecified atom stereocenters. The molecule has 0 saturated carbocycles. The molecule has 1 aliphatic heterocycles. The SMILES string of the molecule is CC(C)C(CO)Nc1cc(N2CCCCC2)ncn1. The highest BCUT2D eigenvalue weighted by Crippen LogP contribution is 2.20. The minimum Gasteiger partial charge on any atom is -0.394 e. The first-order valence-electron chi connectivity index (χ1n) is 7.15. The highest BCUT2D eigenvalue weighted by Gasteiger charge is 2.15. The molecule has 106 valence electrons. The topological polar surface area (TPSA) is 61.3 Å². The first kappa shape index (κ1) is 14.1. The predicted molar refractivity (Wildman–Crippen MR) is 77.4 cm³/mol. The van der Waals surface area contributed by atoms with Gasteiger partial charge in [-0.3, -0.25) is 0 Å². The number of hydrogen-bond acceptors (Lipinski definition) is 5. The van der Waals surface area contributed by atoms with Crippen LogP contribution in [0.1, 0.15) is 33.1 Å². The van der Waals surface area contributed by atoms with Gasteiger partial charge >= 0.3 is 0 Å². The van der Waals surface area contributed by atoms with E-state index in [-0.39, 0.29) is 12.6 Å². The molecule has 1 saturated heterocycles. The number of aliphatic hydroxyl groups is 1. The van der Waals surface area contributed by atoms with Gasteiger partial charge in [0, 0.05) is 19.2 Å². The summed E-state index contributed by atoms with van der Waals surface area (Å²) in [6.45, 7) is 6.43. The second-order valence-electron chi connectivity index (χ2n) is 5.49. The van der Waals surface area contributed by atoms with Gasteiger partial charge in [0.25, 0.3) is 0 Å². The van der Waals surface area contributed by atoms with Crippen LogP contribution in [0.15, 0.2) is 12.4 Å². The maximum atomic E-state index is 9.36. The van der Waals surface area contributed by atoms with Crippen LogP contribution in [0.3, 0.4) is 0 Å². The van der Waals surface area contributed by atoms with Crippen molar-refractivity contribution in [3.8, 4) is 0 Å². The third-order valence-corrected chi connectivity index (χ3v) is 3.67. The van der Waals surface area contributed by atoms with E-state index in [4.69, 9.17) is 0 Å². The normalized spacial score (nSPS) is 17.6. The van der Waals surface area contributed by atoms with Crippen molar-refractivity contribution in [2.24, 2.45) is 5.92 Å². The average molecular weight is 264 g/mol. The number of nitrogens with zero attached hydrogens (tertiary/aromatic N) is 3. The summed E-state index contributed by atoms with van der Waals surface area (Å²) in [5, 5.41) is 12.6. The van der Waals surface area contributed by atoms with Gasteiger partial charge in [-0.1, -0.05) is 13.8 Å².